The van der Waals surface area contributed by atoms with Crippen LogP contribution < -0.4 is 10.6 Å². The Hall–Kier alpha value is -3.51. The Morgan fingerprint density at radius 3 is 2.52 bits per heavy atom. The van der Waals surface area contributed by atoms with Crippen molar-refractivity contribution >= 4 is 40.0 Å². The van der Waals surface area contributed by atoms with Crippen LogP contribution in [0.2, 0.25) is 0 Å². The van der Waals surface area contributed by atoms with Crippen LogP contribution in [0.25, 0.3) is 22.6 Å². The molecule has 29 heavy (non-hydrogen) atoms. The minimum atomic E-state index is -0.262. The molecular weight excluding hydrogens is 382 g/mol. The number of rotatable bonds is 4. The van der Waals surface area contributed by atoms with Gasteiger partial charge in [0.05, 0.1) is 0 Å². The number of hydrogen-bond acceptors (Lipinski definition) is 4. The number of carbonyl (C=O) groups excluding carboxylic acids is 1. The van der Waals surface area contributed by atoms with Crippen LogP contribution in [0, 0.1) is 0 Å². The van der Waals surface area contributed by atoms with Crippen molar-refractivity contribution in [2.45, 2.75) is 13.3 Å². The first-order valence-electron chi connectivity index (χ1n) is 9.29. The van der Waals surface area contributed by atoms with Gasteiger partial charge in [-0.2, -0.15) is 0 Å². The Morgan fingerprint density at radius 2 is 1.79 bits per heavy atom. The summed E-state index contributed by atoms with van der Waals surface area (Å²) >= 11 is 5.25. The predicted molar refractivity (Wildman–Crippen MR) is 119 cm³/mol. The molecule has 0 aliphatic carbocycles. The number of nitrogens with zero attached hydrogens (tertiary/aromatic N) is 1. The molecule has 1 heterocycles. The highest BCUT2D eigenvalue weighted by Crippen LogP contribution is 2.26. The van der Waals surface area contributed by atoms with E-state index in [9.17, 15) is 4.79 Å². The molecule has 5 nitrogen and oxygen atoms in total. The lowest BCUT2D eigenvalue weighted by Crippen LogP contribution is -2.34. The SMILES string of the molecule is CCc1ccc(-c2nc3ccc(NC(=S)NC(=O)c4ccccc4)cc3o2)cc1. The van der Waals surface area contributed by atoms with Crippen LogP contribution in [0.4, 0.5) is 5.69 Å². The summed E-state index contributed by atoms with van der Waals surface area (Å²) in [5.41, 5.74) is 4.84. The lowest BCUT2D eigenvalue weighted by Gasteiger charge is -2.09. The van der Waals surface area contributed by atoms with Crippen molar-refractivity contribution in [1.82, 2.24) is 10.3 Å². The monoisotopic (exact) mass is 401 g/mol. The third-order valence-electron chi connectivity index (χ3n) is 4.52. The fourth-order valence-electron chi connectivity index (χ4n) is 2.94. The summed E-state index contributed by atoms with van der Waals surface area (Å²) in [7, 11) is 0. The number of oxazole rings is 1. The molecule has 3 aromatic carbocycles. The Morgan fingerprint density at radius 1 is 1.03 bits per heavy atom. The van der Waals surface area contributed by atoms with Gasteiger partial charge in [0, 0.05) is 22.9 Å². The largest absolute Gasteiger partial charge is 0.436 e. The van der Waals surface area contributed by atoms with Crippen molar-refractivity contribution in [1.29, 1.82) is 0 Å². The molecule has 6 heteroatoms. The molecule has 0 saturated heterocycles. The molecular formula is C23H19N3O2S. The fourth-order valence-corrected chi connectivity index (χ4v) is 3.15. The van der Waals surface area contributed by atoms with Gasteiger partial charge in [0.15, 0.2) is 10.7 Å². The normalized spacial score (nSPS) is 10.7. The number of thiocarbonyl (C=S) groups is 1. The number of fused-ring (bicyclic) bond motifs is 1. The van der Waals surface area contributed by atoms with E-state index in [-0.39, 0.29) is 11.0 Å². The summed E-state index contributed by atoms with van der Waals surface area (Å²) in [5, 5.41) is 5.90. The summed E-state index contributed by atoms with van der Waals surface area (Å²) in [6.07, 6.45) is 0.990. The first kappa shape index (κ1) is 18.8. The van der Waals surface area contributed by atoms with E-state index in [1.54, 1.807) is 24.3 Å². The van der Waals surface area contributed by atoms with Gasteiger partial charge in [-0.05, 0) is 60.6 Å². The van der Waals surface area contributed by atoms with E-state index < -0.39 is 0 Å². The first-order chi connectivity index (χ1) is 14.1. The second-order valence-corrected chi connectivity index (χ2v) is 6.93. The number of aryl methyl sites for hydroxylation is 1. The van der Waals surface area contributed by atoms with Crippen molar-refractivity contribution in [2.75, 3.05) is 5.32 Å². The average molecular weight is 401 g/mol. The summed E-state index contributed by atoms with van der Waals surface area (Å²) < 4.78 is 5.92. The summed E-state index contributed by atoms with van der Waals surface area (Å²) in [6, 6.07) is 22.6. The second kappa shape index (κ2) is 8.24. The third-order valence-corrected chi connectivity index (χ3v) is 4.72. The maximum Gasteiger partial charge on any atom is 0.257 e. The summed E-state index contributed by atoms with van der Waals surface area (Å²) in [4.78, 5) is 16.7. The molecule has 0 saturated carbocycles. The molecule has 4 rings (SSSR count). The van der Waals surface area contributed by atoms with Gasteiger partial charge in [-0.1, -0.05) is 37.3 Å². The fraction of sp³-hybridized carbons (Fsp3) is 0.0870. The van der Waals surface area contributed by atoms with Crippen LogP contribution in [0.15, 0.2) is 77.2 Å². The predicted octanol–water partition coefficient (Wildman–Crippen LogP) is 5.18. The van der Waals surface area contributed by atoms with Gasteiger partial charge in [0.2, 0.25) is 5.89 Å². The molecule has 0 radical (unpaired) electrons. The molecule has 0 atom stereocenters. The van der Waals surface area contributed by atoms with Crippen LogP contribution >= 0.6 is 12.2 Å². The average Bonchev–Trinajstić information content (AvgIpc) is 3.17. The van der Waals surface area contributed by atoms with Crippen molar-refractivity contribution < 1.29 is 9.21 Å². The highest BCUT2D eigenvalue weighted by atomic mass is 32.1. The van der Waals surface area contributed by atoms with Crippen LogP contribution in [0.3, 0.4) is 0 Å². The van der Waals surface area contributed by atoms with E-state index in [0.29, 0.717) is 22.7 Å². The maximum absolute atomic E-state index is 12.2. The number of nitrogens with one attached hydrogen (secondary N) is 2. The molecule has 0 bridgehead atoms. The van der Waals surface area contributed by atoms with Crippen LogP contribution in [-0.2, 0) is 6.42 Å². The summed E-state index contributed by atoms with van der Waals surface area (Å²) in [5.74, 6) is 0.307. The van der Waals surface area contributed by atoms with Gasteiger partial charge in [-0.25, -0.2) is 4.98 Å². The van der Waals surface area contributed by atoms with Crippen molar-refractivity contribution in [2.24, 2.45) is 0 Å². The Balaban J connectivity index is 1.48. The molecule has 0 unspecified atom stereocenters. The molecule has 4 aromatic rings. The molecule has 1 aromatic heterocycles. The molecule has 0 aliphatic rings. The van der Waals surface area contributed by atoms with Gasteiger partial charge in [0.1, 0.15) is 5.52 Å². The number of aromatic nitrogens is 1. The molecule has 0 spiro atoms. The van der Waals surface area contributed by atoms with E-state index in [2.05, 4.69) is 34.7 Å². The lowest BCUT2D eigenvalue weighted by molar-refractivity contribution is 0.0977. The number of anilines is 1. The van der Waals surface area contributed by atoms with Gasteiger partial charge in [0.25, 0.3) is 5.91 Å². The lowest BCUT2D eigenvalue weighted by atomic mass is 10.1. The zero-order chi connectivity index (χ0) is 20.2. The summed E-state index contributed by atoms with van der Waals surface area (Å²) in [6.45, 7) is 2.12. The van der Waals surface area contributed by atoms with Crippen molar-refractivity contribution in [3.05, 3.63) is 83.9 Å². The number of amides is 1. The molecule has 2 N–H and O–H groups in total. The van der Waals surface area contributed by atoms with E-state index in [0.717, 1.165) is 17.5 Å². The highest BCUT2D eigenvalue weighted by Gasteiger charge is 2.11. The molecule has 1 amide bonds. The first-order valence-corrected chi connectivity index (χ1v) is 9.70. The van der Waals surface area contributed by atoms with Gasteiger partial charge in [-0.15, -0.1) is 0 Å². The minimum Gasteiger partial charge on any atom is -0.436 e. The second-order valence-electron chi connectivity index (χ2n) is 6.53. The van der Waals surface area contributed by atoms with Crippen molar-refractivity contribution in [3.8, 4) is 11.5 Å². The van der Waals surface area contributed by atoms with Gasteiger partial charge < -0.3 is 9.73 Å². The minimum absolute atomic E-state index is 0.216. The Bertz CT molecular complexity index is 1170. The number of benzene rings is 3. The Kier molecular flexibility index (Phi) is 5.35. The maximum atomic E-state index is 12.2. The van der Waals surface area contributed by atoms with Crippen molar-refractivity contribution in [3.63, 3.8) is 0 Å². The Labute approximate surface area is 173 Å². The smallest absolute Gasteiger partial charge is 0.257 e. The zero-order valence-electron chi connectivity index (χ0n) is 15.8. The highest BCUT2D eigenvalue weighted by molar-refractivity contribution is 7.80. The standard InChI is InChI=1S/C23H19N3O2S/c1-2-15-8-10-17(11-9-15)22-25-19-13-12-18(14-20(19)28-22)24-23(29)26-21(27)16-6-4-3-5-7-16/h3-14H,2H2,1H3,(H2,24,26,27,29). The van der Waals surface area contributed by atoms with Crippen LogP contribution in [0.1, 0.15) is 22.8 Å². The van der Waals surface area contributed by atoms with E-state index >= 15 is 0 Å². The molecule has 0 aliphatic heterocycles. The van der Waals surface area contributed by atoms with Crippen LogP contribution in [-0.4, -0.2) is 16.0 Å². The quantitative estimate of drug-likeness (QED) is 0.461. The topological polar surface area (TPSA) is 67.2 Å². The number of carbonyl (C=O) groups is 1. The van der Waals surface area contributed by atoms with Gasteiger partial charge >= 0.3 is 0 Å². The third kappa shape index (κ3) is 4.33. The molecule has 0 fully saturated rings. The van der Waals surface area contributed by atoms with E-state index in [4.69, 9.17) is 16.6 Å². The molecule has 144 valence electrons. The zero-order valence-corrected chi connectivity index (χ0v) is 16.6. The number of hydrogen-bond donors (Lipinski definition) is 2. The van der Waals surface area contributed by atoms with E-state index in [1.807, 2.05) is 36.4 Å². The van der Waals surface area contributed by atoms with Crippen LogP contribution in [0.5, 0.6) is 0 Å². The van der Waals surface area contributed by atoms with Gasteiger partial charge in [-0.3, -0.25) is 10.1 Å². The van der Waals surface area contributed by atoms with E-state index in [1.165, 1.54) is 5.56 Å².